The van der Waals surface area contributed by atoms with Gasteiger partial charge in [0.1, 0.15) is 5.82 Å². The third-order valence-electron chi connectivity index (χ3n) is 3.45. The second-order valence-corrected chi connectivity index (χ2v) is 4.96. The van der Waals surface area contributed by atoms with Crippen LogP contribution in [-0.4, -0.2) is 65.4 Å². The van der Waals surface area contributed by atoms with Crippen molar-refractivity contribution >= 4 is 11.8 Å². The van der Waals surface area contributed by atoms with Crippen molar-refractivity contribution in [2.24, 2.45) is 5.92 Å². The Balaban J connectivity index is 1.88. The summed E-state index contributed by atoms with van der Waals surface area (Å²) in [4.78, 5) is 34.5. The zero-order valence-corrected chi connectivity index (χ0v) is 11.8. The minimum atomic E-state index is -0.265. The summed E-state index contributed by atoms with van der Waals surface area (Å²) in [6.45, 7) is 1.94. The number of rotatable bonds is 6. The van der Waals surface area contributed by atoms with E-state index in [2.05, 4.69) is 9.97 Å². The number of nitrogens with one attached hydrogen (secondary N) is 1. The van der Waals surface area contributed by atoms with Crippen LogP contribution in [0.15, 0.2) is 12.4 Å². The molecule has 1 aromatic rings. The van der Waals surface area contributed by atoms with Crippen LogP contribution in [0.25, 0.3) is 0 Å². The van der Waals surface area contributed by atoms with Crippen LogP contribution in [0.4, 0.5) is 0 Å². The number of carbonyl (C=O) groups excluding carboxylic acids is 2. The van der Waals surface area contributed by atoms with Crippen LogP contribution in [0.3, 0.4) is 0 Å². The van der Waals surface area contributed by atoms with Gasteiger partial charge in [-0.25, -0.2) is 4.98 Å². The molecule has 0 aliphatic carbocycles. The predicted octanol–water partition coefficient (Wildman–Crippen LogP) is -0.137. The second kappa shape index (κ2) is 6.51. The van der Waals surface area contributed by atoms with Crippen LogP contribution in [0.1, 0.15) is 12.2 Å². The maximum atomic E-state index is 12.3. The van der Waals surface area contributed by atoms with E-state index in [0.29, 0.717) is 26.2 Å². The minimum Gasteiger partial charge on any atom is -0.383 e. The molecule has 1 unspecified atom stereocenters. The Morgan fingerprint density at radius 3 is 3.10 bits per heavy atom. The molecule has 0 saturated carbocycles. The molecule has 2 rings (SSSR count). The van der Waals surface area contributed by atoms with Gasteiger partial charge in [-0.05, 0) is 0 Å². The van der Waals surface area contributed by atoms with Gasteiger partial charge in [-0.1, -0.05) is 0 Å². The highest BCUT2D eigenvalue weighted by Gasteiger charge is 2.35. The number of imidazole rings is 1. The summed E-state index contributed by atoms with van der Waals surface area (Å²) >= 11 is 0. The van der Waals surface area contributed by atoms with E-state index in [1.165, 1.54) is 0 Å². The normalized spacial score (nSPS) is 18.6. The molecule has 1 atom stereocenters. The van der Waals surface area contributed by atoms with Gasteiger partial charge in [0, 0.05) is 46.1 Å². The molecular formula is C13H20N4O3. The molecule has 1 fully saturated rings. The lowest BCUT2D eigenvalue weighted by Gasteiger charge is -2.20. The fraction of sp³-hybridized carbons (Fsp3) is 0.615. The molecule has 1 N–H and O–H groups in total. The Hall–Kier alpha value is -1.89. The number of hydrogen-bond acceptors (Lipinski definition) is 4. The highest BCUT2D eigenvalue weighted by Crippen LogP contribution is 2.20. The Bertz CT molecular complexity index is 460. The molecule has 20 heavy (non-hydrogen) atoms. The second-order valence-electron chi connectivity index (χ2n) is 4.96. The van der Waals surface area contributed by atoms with Crippen molar-refractivity contribution in [2.75, 3.05) is 33.9 Å². The SMILES string of the molecule is COCCN1CC(C(=O)N(C)Cc2ncc[nH]2)CC1=O. The largest absolute Gasteiger partial charge is 0.383 e. The number of ether oxygens (including phenoxy) is 1. The number of aromatic nitrogens is 2. The maximum absolute atomic E-state index is 12.3. The summed E-state index contributed by atoms with van der Waals surface area (Å²) in [5.41, 5.74) is 0. The average Bonchev–Trinajstić information content (AvgIpc) is 3.05. The molecule has 0 radical (unpaired) electrons. The lowest BCUT2D eigenvalue weighted by atomic mass is 10.1. The maximum Gasteiger partial charge on any atom is 0.228 e. The molecule has 1 aliphatic rings. The summed E-state index contributed by atoms with van der Waals surface area (Å²) in [6.07, 6.45) is 3.66. The standard InChI is InChI=1S/C13H20N4O3/c1-16(9-11-14-3-4-15-11)13(19)10-7-12(18)17(8-10)5-6-20-2/h3-4,10H,5-9H2,1-2H3,(H,14,15). The molecule has 0 bridgehead atoms. The van der Waals surface area contributed by atoms with Crippen molar-refractivity contribution in [3.8, 4) is 0 Å². The fourth-order valence-electron chi connectivity index (χ4n) is 2.35. The smallest absolute Gasteiger partial charge is 0.228 e. The lowest BCUT2D eigenvalue weighted by molar-refractivity contribution is -0.135. The van der Waals surface area contributed by atoms with E-state index < -0.39 is 0 Å². The first-order valence-corrected chi connectivity index (χ1v) is 6.61. The van der Waals surface area contributed by atoms with Crippen molar-refractivity contribution in [3.63, 3.8) is 0 Å². The molecule has 0 aromatic carbocycles. The van der Waals surface area contributed by atoms with Gasteiger partial charge in [-0.2, -0.15) is 0 Å². The third kappa shape index (κ3) is 3.36. The number of nitrogens with zero attached hydrogens (tertiary/aromatic N) is 3. The molecule has 2 amide bonds. The molecular weight excluding hydrogens is 260 g/mol. The summed E-state index contributed by atoms with van der Waals surface area (Å²) < 4.78 is 4.96. The Morgan fingerprint density at radius 1 is 1.65 bits per heavy atom. The summed E-state index contributed by atoms with van der Waals surface area (Å²) in [6, 6.07) is 0. The van der Waals surface area contributed by atoms with Gasteiger partial charge in [0.25, 0.3) is 0 Å². The van der Waals surface area contributed by atoms with Crippen LogP contribution in [-0.2, 0) is 20.9 Å². The first kappa shape index (κ1) is 14.5. The fourth-order valence-corrected chi connectivity index (χ4v) is 2.35. The average molecular weight is 280 g/mol. The zero-order chi connectivity index (χ0) is 14.5. The van der Waals surface area contributed by atoms with Gasteiger partial charge in [0.2, 0.25) is 11.8 Å². The molecule has 1 aliphatic heterocycles. The number of likely N-dealkylation sites (tertiary alicyclic amines) is 1. The Morgan fingerprint density at radius 2 is 2.45 bits per heavy atom. The quantitative estimate of drug-likeness (QED) is 0.787. The minimum absolute atomic E-state index is 0.0188. The lowest BCUT2D eigenvalue weighted by Crippen LogP contribution is -2.35. The first-order chi connectivity index (χ1) is 9.61. The molecule has 1 aromatic heterocycles. The van der Waals surface area contributed by atoms with Crippen molar-refractivity contribution in [3.05, 3.63) is 18.2 Å². The first-order valence-electron chi connectivity index (χ1n) is 6.61. The van der Waals surface area contributed by atoms with Crippen molar-refractivity contribution in [2.45, 2.75) is 13.0 Å². The number of methoxy groups -OCH3 is 1. The van der Waals surface area contributed by atoms with E-state index in [1.54, 1.807) is 36.4 Å². The Labute approximate surface area is 117 Å². The molecule has 1 saturated heterocycles. The molecule has 7 heteroatoms. The van der Waals surface area contributed by atoms with Crippen LogP contribution in [0.2, 0.25) is 0 Å². The van der Waals surface area contributed by atoms with Crippen LogP contribution < -0.4 is 0 Å². The van der Waals surface area contributed by atoms with Gasteiger partial charge in [-0.3, -0.25) is 9.59 Å². The van der Waals surface area contributed by atoms with Crippen LogP contribution in [0, 0.1) is 5.92 Å². The number of amides is 2. The van der Waals surface area contributed by atoms with Crippen LogP contribution >= 0.6 is 0 Å². The van der Waals surface area contributed by atoms with Gasteiger partial charge in [0.05, 0.1) is 19.1 Å². The van der Waals surface area contributed by atoms with E-state index >= 15 is 0 Å². The third-order valence-corrected chi connectivity index (χ3v) is 3.45. The van der Waals surface area contributed by atoms with E-state index in [-0.39, 0.29) is 24.2 Å². The van der Waals surface area contributed by atoms with E-state index in [4.69, 9.17) is 4.74 Å². The van der Waals surface area contributed by atoms with Crippen molar-refractivity contribution in [1.82, 2.24) is 19.8 Å². The Kier molecular flexibility index (Phi) is 4.73. The van der Waals surface area contributed by atoms with Crippen molar-refractivity contribution < 1.29 is 14.3 Å². The van der Waals surface area contributed by atoms with Gasteiger partial charge in [-0.15, -0.1) is 0 Å². The van der Waals surface area contributed by atoms with E-state index in [0.717, 1.165) is 5.82 Å². The molecule has 110 valence electrons. The predicted molar refractivity (Wildman–Crippen MR) is 71.6 cm³/mol. The highest BCUT2D eigenvalue weighted by molar-refractivity contribution is 5.89. The van der Waals surface area contributed by atoms with E-state index in [9.17, 15) is 9.59 Å². The van der Waals surface area contributed by atoms with Crippen molar-refractivity contribution in [1.29, 1.82) is 0 Å². The van der Waals surface area contributed by atoms with Gasteiger partial charge >= 0.3 is 0 Å². The number of hydrogen-bond donors (Lipinski definition) is 1. The molecule has 0 spiro atoms. The number of carbonyl (C=O) groups is 2. The van der Waals surface area contributed by atoms with Crippen LogP contribution in [0.5, 0.6) is 0 Å². The monoisotopic (exact) mass is 280 g/mol. The number of aromatic amines is 1. The van der Waals surface area contributed by atoms with Gasteiger partial charge < -0.3 is 19.5 Å². The number of H-pyrrole nitrogens is 1. The highest BCUT2D eigenvalue weighted by atomic mass is 16.5. The topological polar surface area (TPSA) is 78.5 Å². The molecule has 7 nitrogen and oxygen atoms in total. The summed E-state index contributed by atoms with van der Waals surface area (Å²) in [5.74, 6) is 0.474. The van der Waals surface area contributed by atoms with E-state index in [1.807, 2.05) is 0 Å². The summed E-state index contributed by atoms with van der Waals surface area (Å²) in [5, 5.41) is 0. The zero-order valence-electron chi connectivity index (χ0n) is 11.8. The molecule has 2 heterocycles. The summed E-state index contributed by atoms with van der Waals surface area (Å²) in [7, 11) is 3.33. The van der Waals surface area contributed by atoms with Gasteiger partial charge in [0.15, 0.2) is 0 Å².